The Balaban J connectivity index is 1.61. The molecule has 0 radical (unpaired) electrons. The molecule has 0 bridgehead atoms. The van der Waals surface area contributed by atoms with E-state index in [0.717, 1.165) is 31.4 Å². The van der Waals surface area contributed by atoms with Crippen molar-refractivity contribution < 1.29 is 24.1 Å². The highest BCUT2D eigenvalue weighted by molar-refractivity contribution is 5.41. The average Bonchev–Trinajstić information content (AvgIpc) is 3.12. The first-order valence-electron chi connectivity index (χ1n) is 12.1. The third-order valence-corrected chi connectivity index (χ3v) is 8.50. The number of benzene rings is 1. The molecule has 2 fully saturated rings. The van der Waals surface area contributed by atoms with Gasteiger partial charge in [-0.05, 0) is 97.3 Å². The minimum Gasteiger partial charge on any atom is -0.468 e. The summed E-state index contributed by atoms with van der Waals surface area (Å²) in [4.78, 5) is 0. The standard InChI is InChI=1S/C26H40O5/c1-26-12-11-22-21-8-7-20(30-16-28-2)15-19(21)14-18(6-4-5-13-27)25(22)23(26)9-10-24(26)31-17-29-3/h7-8,15,18,22-25,27H,4-6,9-14,16-17H2,1-3H3/t18-,22-,23+,24+,25-,26+/m1/s1. The number of rotatable bonds is 10. The molecule has 6 atom stereocenters. The van der Waals surface area contributed by atoms with Crippen molar-refractivity contribution >= 4 is 0 Å². The molecule has 1 aromatic carbocycles. The zero-order chi connectivity index (χ0) is 21.8. The van der Waals surface area contributed by atoms with E-state index in [2.05, 4.69) is 25.1 Å². The highest BCUT2D eigenvalue weighted by Crippen LogP contribution is 2.63. The Morgan fingerprint density at radius 2 is 1.90 bits per heavy atom. The van der Waals surface area contributed by atoms with E-state index in [4.69, 9.17) is 18.9 Å². The fourth-order valence-corrected chi connectivity index (χ4v) is 7.16. The summed E-state index contributed by atoms with van der Waals surface area (Å²) >= 11 is 0. The molecule has 3 aliphatic rings. The highest BCUT2D eigenvalue weighted by atomic mass is 16.7. The Labute approximate surface area is 187 Å². The van der Waals surface area contributed by atoms with Crippen LogP contribution in [0.25, 0.3) is 0 Å². The third-order valence-electron chi connectivity index (χ3n) is 8.50. The van der Waals surface area contributed by atoms with Crippen LogP contribution in [0, 0.1) is 23.2 Å². The largest absolute Gasteiger partial charge is 0.468 e. The first-order valence-corrected chi connectivity index (χ1v) is 12.1. The lowest BCUT2D eigenvalue weighted by Crippen LogP contribution is -2.47. The fraction of sp³-hybridized carbons (Fsp3) is 0.769. The van der Waals surface area contributed by atoms with Crippen LogP contribution in [0.5, 0.6) is 5.75 Å². The van der Waals surface area contributed by atoms with Crippen molar-refractivity contribution in [3.05, 3.63) is 29.3 Å². The summed E-state index contributed by atoms with van der Waals surface area (Å²) in [5, 5.41) is 9.36. The van der Waals surface area contributed by atoms with Gasteiger partial charge in [0.05, 0.1) is 6.10 Å². The molecule has 5 heteroatoms. The lowest BCUT2D eigenvalue weighted by molar-refractivity contribution is -0.128. The molecule has 2 saturated carbocycles. The van der Waals surface area contributed by atoms with Crippen LogP contribution in [0.15, 0.2) is 18.2 Å². The predicted octanol–water partition coefficient (Wildman–Crippen LogP) is 4.90. The monoisotopic (exact) mass is 432 g/mol. The van der Waals surface area contributed by atoms with Crippen LogP contribution in [-0.2, 0) is 20.6 Å². The lowest BCUT2D eigenvalue weighted by Gasteiger charge is -2.53. The summed E-state index contributed by atoms with van der Waals surface area (Å²) in [6, 6.07) is 6.68. The first-order chi connectivity index (χ1) is 15.1. The summed E-state index contributed by atoms with van der Waals surface area (Å²) in [6.07, 6.45) is 9.47. The van der Waals surface area contributed by atoms with Gasteiger partial charge in [0, 0.05) is 20.8 Å². The molecule has 5 nitrogen and oxygen atoms in total. The number of fused-ring (bicyclic) bond motifs is 5. The minimum atomic E-state index is 0.244. The van der Waals surface area contributed by atoms with Crippen LogP contribution in [0.4, 0.5) is 0 Å². The van der Waals surface area contributed by atoms with E-state index in [1.165, 1.54) is 36.8 Å². The number of aliphatic hydroxyl groups excluding tert-OH is 1. The third kappa shape index (κ3) is 4.52. The molecule has 0 heterocycles. The Hall–Kier alpha value is -1.14. The topological polar surface area (TPSA) is 57.2 Å². The maximum atomic E-state index is 9.36. The zero-order valence-electron chi connectivity index (χ0n) is 19.5. The van der Waals surface area contributed by atoms with Crippen molar-refractivity contribution in [1.29, 1.82) is 0 Å². The van der Waals surface area contributed by atoms with E-state index >= 15 is 0 Å². The molecule has 0 aromatic heterocycles. The Morgan fingerprint density at radius 3 is 2.68 bits per heavy atom. The van der Waals surface area contributed by atoms with E-state index < -0.39 is 0 Å². The minimum absolute atomic E-state index is 0.244. The molecule has 1 aromatic rings. The van der Waals surface area contributed by atoms with E-state index in [1.54, 1.807) is 14.2 Å². The van der Waals surface area contributed by atoms with Crippen molar-refractivity contribution in [3.8, 4) is 5.75 Å². The van der Waals surface area contributed by atoms with Gasteiger partial charge < -0.3 is 24.1 Å². The normalized spacial score (nSPS) is 34.1. The number of aliphatic hydroxyl groups is 1. The second kappa shape index (κ2) is 10.2. The summed E-state index contributed by atoms with van der Waals surface area (Å²) in [5.41, 5.74) is 3.24. The summed E-state index contributed by atoms with van der Waals surface area (Å²) in [5.74, 6) is 3.59. The van der Waals surface area contributed by atoms with Crippen molar-refractivity contribution in [2.45, 2.75) is 70.3 Å². The second-order valence-corrected chi connectivity index (χ2v) is 10.1. The van der Waals surface area contributed by atoms with Crippen molar-refractivity contribution in [2.75, 3.05) is 34.4 Å². The smallest absolute Gasteiger partial charge is 0.188 e. The van der Waals surface area contributed by atoms with Crippen molar-refractivity contribution in [2.24, 2.45) is 23.2 Å². The predicted molar refractivity (Wildman–Crippen MR) is 120 cm³/mol. The van der Waals surface area contributed by atoms with Crippen LogP contribution < -0.4 is 4.74 Å². The Kier molecular flexibility index (Phi) is 7.58. The molecule has 0 spiro atoms. The molecule has 0 saturated heterocycles. The number of methoxy groups -OCH3 is 2. The van der Waals surface area contributed by atoms with Crippen LogP contribution in [0.2, 0.25) is 0 Å². The van der Waals surface area contributed by atoms with Gasteiger partial charge in [-0.15, -0.1) is 0 Å². The molecule has 0 amide bonds. The Morgan fingerprint density at radius 1 is 1.06 bits per heavy atom. The van der Waals surface area contributed by atoms with Gasteiger partial charge in [-0.3, -0.25) is 0 Å². The Bertz CT molecular complexity index is 722. The van der Waals surface area contributed by atoms with Gasteiger partial charge in [0.1, 0.15) is 12.5 Å². The molecule has 174 valence electrons. The maximum Gasteiger partial charge on any atom is 0.188 e. The van der Waals surface area contributed by atoms with Crippen molar-refractivity contribution in [1.82, 2.24) is 0 Å². The first kappa shape index (κ1) is 23.0. The van der Waals surface area contributed by atoms with E-state index in [-0.39, 0.29) is 12.2 Å². The second-order valence-electron chi connectivity index (χ2n) is 10.1. The number of hydrogen-bond acceptors (Lipinski definition) is 5. The van der Waals surface area contributed by atoms with Gasteiger partial charge in [0.25, 0.3) is 0 Å². The molecule has 0 unspecified atom stereocenters. The van der Waals surface area contributed by atoms with Crippen LogP contribution in [-0.4, -0.2) is 45.6 Å². The highest BCUT2D eigenvalue weighted by Gasteiger charge is 2.57. The lowest BCUT2D eigenvalue weighted by atomic mass is 9.52. The molecule has 3 aliphatic carbocycles. The van der Waals surface area contributed by atoms with Crippen LogP contribution in [0.3, 0.4) is 0 Å². The number of hydrogen-bond donors (Lipinski definition) is 1. The van der Waals surface area contributed by atoms with E-state index in [9.17, 15) is 5.11 Å². The average molecular weight is 433 g/mol. The summed E-state index contributed by atoms with van der Waals surface area (Å²) in [6.45, 7) is 3.45. The molecule has 0 aliphatic heterocycles. The number of ether oxygens (including phenoxy) is 4. The summed E-state index contributed by atoms with van der Waals surface area (Å²) in [7, 11) is 3.37. The molecular weight excluding hydrogens is 392 g/mol. The van der Waals surface area contributed by atoms with Gasteiger partial charge in [-0.25, -0.2) is 0 Å². The zero-order valence-corrected chi connectivity index (χ0v) is 19.5. The maximum absolute atomic E-state index is 9.36. The molecule has 31 heavy (non-hydrogen) atoms. The SMILES string of the molecule is COCOc1ccc2c(c1)C[C@@H](CCCCO)[C@@H]1[C@@H]2CC[C@]2(C)[C@@H](OCOC)CC[C@@H]12. The van der Waals surface area contributed by atoms with Crippen molar-refractivity contribution in [3.63, 3.8) is 0 Å². The molecular formula is C26H40O5. The van der Waals surface area contributed by atoms with E-state index in [1.807, 2.05) is 0 Å². The number of unbranched alkanes of at least 4 members (excludes halogenated alkanes) is 1. The molecule has 1 N–H and O–H groups in total. The fourth-order valence-electron chi connectivity index (χ4n) is 7.16. The van der Waals surface area contributed by atoms with Crippen LogP contribution >= 0.6 is 0 Å². The van der Waals surface area contributed by atoms with Gasteiger partial charge in [-0.2, -0.15) is 0 Å². The van der Waals surface area contributed by atoms with Gasteiger partial charge in [-0.1, -0.05) is 19.4 Å². The van der Waals surface area contributed by atoms with E-state index in [0.29, 0.717) is 43.2 Å². The van der Waals surface area contributed by atoms with Crippen LogP contribution in [0.1, 0.15) is 68.9 Å². The summed E-state index contributed by atoms with van der Waals surface area (Å²) < 4.78 is 22.3. The quantitative estimate of drug-likeness (QED) is 0.421. The van der Waals surface area contributed by atoms with Gasteiger partial charge in [0.2, 0.25) is 0 Å². The molecule has 4 rings (SSSR count). The van der Waals surface area contributed by atoms with Gasteiger partial charge in [0.15, 0.2) is 6.79 Å². The van der Waals surface area contributed by atoms with Gasteiger partial charge >= 0.3 is 0 Å².